The number of hydrogen-bond acceptors (Lipinski definition) is 4. The lowest BCUT2D eigenvalue weighted by molar-refractivity contribution is -0.130. The number of nitriles is 1. The van der Waals surface area contributed by atoms with Crippen molar-refractivity contribution in [2.45, 2.75) is 13.1 Å². The van der Waals surface area contributed by atoms with E-state index in [0.29, 0.717) is 18.7 Å². The number of benzene rings is 1. The summed E-state index contributed by atoms with van der Waals surface area (Å²) in [6.45, 7) is 2.28. The molecular formula is C15H15N5O. The van der Waals surface area contributed by atoms with Gasteiger partial charge in [-0.3, -0.25) is 9.48 Å². The van der Waals surface area contributed by atoms with Crippen LogP contribution in [0.15, 0.2) is 36.5 Å². The molecule has 6 heteroatoms. The predicted octanol–water partition coefficient (Wildman–Crippen LogP) is 1.21. The summed E-state index contributed by atoms with van der Waals surface area (Å²) in [6, 6.07) is 11.1. The number of carbonyl (C=O) groups excluding carboxylic acids is 1. The maximum Gasteiger partial charge on any atom is 0.242 e. The molecule has 1 aliphatic heterocycles. The molecular weight excluding hydrogens is 266 g/mol. The molecule has 0 saturated carbocycles. The maximum absolute atomic E-state index is 12.2. The van der Waals surface area contributed by atoms with Gasteiger partial charge in [-0.05, 0) is 30.3 Å². The van der Waals surface area contributed by atoms with Crippen molar-refractivity contribution in [3.05, 3.63) is 47.8 Å². The molecule has 0 fully saturated rings. The number of carbonyl (C=O) groups is 1. The number of hydrogen-bond donors (Lipinski definition) is 1. The molecule has 0 aliphatic carbocycles. The van der Waals surface area contributed by atoms with E-state index in [4.69, 9.17) is 5.26 Å². The Labute approximate surface area is 122 Å². The lowest BCUT2D eigenvalue weighted by atomic mass is 10.2. The fourth-order valence-corrected chi connectivity index (χ4v) is 2.35. The van der Waals surface area contributed by atoms with Crippen LogP contribution in [-0.4, -0.2) is 33.7 Å². The zero-order chi connectivity index (χ0) is 14.7. The first-order valence-electron chi connectivity index (χ1n) is 6.79. The second kappa shape index (κ2) is 5.67. The van der Waals surface area contributed by atoms with Crippen LogP contribution >= 0.6 is 0 Å². The number of nitrogens with one attached hydrogen (secondary N) is 1. The van der Waals surface area contributed by atoms with E-state index in [-0.39, 0.29) is 12.5 Å². The van der Waals surface area contributed by atoms with Crippen LogP contribution in [0, 0.1) is 11.3 Å². The highest BCUT2D eigenvalue weighted by Crippen LogP contribution is 2.12. The maximum atomic E-state index is 12.2. The van der Waals surface area contributed by atoms with Gasteiger partial charge < -0.3 is 10.2 Å². The Morgan fingerprint density at radius 3 is 2.86 bits per heavy atom. The summed E-state index contributed by atoms with van der Waals surface area (Å²) >= 11 is 0. The molecule has 0 spiro atoms. The Morgan fingerprint density at radius 2 is 2.10 bits per heavy atom. The van der Waals surface area contributed by atoms with Gasteiger partial charge in [0.2, 0.25) is 5.91 Å². The van der Waals surface area contributed by atoms with E-state index in [1.54, 1.807) is 30.5 Å². The molecule has 0 saturated heterocycles. The molecule has 1 N–H and O–H groups in total. The van der Waals surface area contributed by atoms with Crippen LogP contribution in [0.3, 0.4) is 0 Å². The minimum atomic E-state index is 0.0619. The van der Waals surface area contributed by atoms with Crippen molar-refractivity contribution in [2.24, 2.45) is 0 Å². The van der Waals surface area contributed by atoms with Crippen molar-refractivity contribution < 1.29 is 4.79 Å². The molecule has 1 aromatic heterocycles. The molecule has 0 unspecified atom stereocenters. The Bertz CT molecular complexity index is 683. The molecule has 106 valence electrons. The molecule has 1 aliphatic rings. The third-order valence-electron chi connectivity index (χ3n) is 3.55. The highest BCUT2D eigenvalue weighted by molar-refractivity contribution is 5.81. The van der Waals surface area contributed by atoms with E-state index in [0.717, 1.165) is 17.9 Å². The minimum absolute atomic E-state index is 0.0619. The van der Waals surface area contributed by atoms with Gasteiger partial charge in [-0.15, -0.1) is 0 Å². The van der Waals surface area contributed by atoms with Crippen molar-refractivity contribution >= 4 is 11.6 Å². The van der Waals surface area contributed by atoms with Crippen LogP contribution in [-0.2, 0) is 17.9 Å². The van der Waals surface area contributed by atoms with E-state index < -0.39 is 0 Å². The van der Waals surface area contributed by atoms with Gasteiger partial charge in [-0.2, -0.15) is 10.4 Å². The van der Waals surface area contributed by atoms with Crippen LogP contribution in [0.1, 0.15) is 11.3 Å². The molecule has 21 heavy (non-hydrogen) atoms. The molecule has 0 bridgehead atoms. The zero-order valence-electron chi connectivity index (χ0n) is 11.5. The monoisotopic (exact) mass is 281 g/mol. The van der Waals surface area contributed by atoms with Gasteiger partial charge in [0, 0.05) is 18.4 Å². The largest absolute Gasteiger partial charge is 0.376 e. The summed E-state index contributed by atoms with van der Waals surface area (Å²) in [5, 5.41) is 16.0. The van der Waals surface area contributed by atoms with Crippen molar-refractivity contribution in [1.29, 1.82) is 5.26 Å². The normalized spacial score (nSPS) is 13.4. The third-order valence-corrected chi connectivity index (χ3v) is 3.55. The summed E-state index contributed by atoms with van der Waals surface area (Å²) in [7, 11) is 0. The summed E-state index contributed by atoms with van der Waals surface area (Å²) in [6.07, 6.45) is 1.76. The van der Waals surface area contributed by atoms with Crippen molar-refractivity contribution in [3.63, 3.8) is 0 Å². The topological polar surface area (TPSA) is 74.0 Å². The molecule has 3 rings (SSSR count). The Balaban J connectivity index is 1.56. The van der Waals surface area contributed by atoms with E-state index in [1.807, 2.05) is 15.6 Å². The van der Waals surface area contributed by atoms with Crippen LogP contribution in [0.2, 0.25) is 0 Å². The molecule has 1 amide bonds. The first kappa shape index (κ1) is 13.2. The van der Waals surface area contributed by atoms with Gasteiger partial charge in [0.1, 0.15) is 0 Å². The lowest BCUT2D eigenvalue weighted by Gasteiger charge is -2.28. The van der Waals surface area contributed by atoms with Crippen molar-refractivity contribution in [1.82, 2.24) is 14.7 Å². The first-order valence-corrected chi connectivity index (χ1v) is 6.79. The van der Waals surface area contributed by atoms with Crippen LogP contribution < -0.4 is 5.32 Å². The Hall–Kier alpha value is -2.81. The highest BCUT2D eigenvalue weighted by atomic mass is 16.2. The van der Waals surface area contributed by atoms with E-state index in [2.05, 4.69) is 16.5 Å². The van der Waals surface area contributed by atoms with Gasteiger partial charge in [-0.1, -0.05) is 0 Å². The zero-order valence-corrected chi connectivity index (χ0v) is 11.5. The average molecular weight is 281 g/mol. The second-order valence-corrected chi connectivity index (χ2v) is 4.90. The predicted molar refractivity (Wildman–Crippen MR) is 77.3 cm³/mol. The standard InChI is InChI=1S/C15H15N5O/c16-9-12-1-3-13(4-2-12)17-10-15(21)19-7-8-20-14(11-19)5-6-18-20/h1-6,17H,7-8,10-11H2. The number of fused-ring (bicyclic) bond motifs is 1. The van der Waals surface area contributed by atoms with Gasteiger partial charge in [0.05, 0.1) is 37.0 Å². The van der Waals surface area contributed by atoms with Crippen LogP contribution in [0.5, 0.6) is 0 Å². The van der Waals surface area contributed by atoms with E-state index in [1.165, 1.54) is 0 Å². The summed E-state index contributed by atoms with van der Waals surface area (Å²) in [5.74, 6) is 0.0619. The van der Waals surface area contributed by atoms with Crippen LogP contribution in [0.25, 0.3) is 0 Å². The lowest BCUT2D eigenvalue weighted by Crippen LogP contribution is -2.41. The molecule has 2 heterocycles. The number of rotatable bonds is 3. The Kier molecular flexibility index (Phi) is 3.56. The molecule has 6 nitrogen and oxygen atoms in total. The number of amides is 1. The fraction of sp³-hybridized carbons (Fsp3) is 0.267. The Morgan fingerprint density at radius 1 is 1.29 bits per heavy atom. The molecule has 0 atom stereocenters. The average Bonchev–Trinajstić information content (AvgIpc) is 3.00. The van der Waals surface area contributed by atoms with Gasteiger partial charge >= 0.3 is 0 Å². The van der Waals surface area contributed by atoms with Gasteiger partial charge in [-0.25, -0.2) is 0 Å². The van der Waals surface area contributed by atoms with E-state index in [9.17, 15) is 4.79 Å². The van der Waals surface area contributed by atoms with Crippen LogP contribution in [0.4, 0.5) is 5.69 Å². The van der Waals surface area contributed by atoms with Crippen molar-refractivity contribution in [2.75, 3.05) is 18.4 Å². The van der Waals surface area contributed by atoms with Crippen molar-refractivity contribution in [3.8, 4) is 6.07 Å². The number of nitrogens with zero attached hydrogens (tertiary/aromatic N) is 4. The summed E-state index contributed by atoms with van der Waals surface area (Å²) in [4.78, 5) is 14.0. The quantitative estimate of drug-likeness (QED) is 0.917. The first-order chi connectivity index (χ1) is 10.3. The number of anilines is 1. The fourth-order valence-electron chi connectivity index (χ4n) is 2.35. The molecule has 1 aromatic carbocycles. The SMILES string of the molecule is N#Cc1ccc(NCC(=O)N2CCn3nccc3C2)cc1. The van der Waals surface area contributed by atoms with Gasteiger partial charge in [0.15, 0.2) is 0 Å². The minimum Gasteiger partial charge on any atom is -0.376 e. The molecule has 0 radical (unpaired) electrons. The smallest absolute Gasteiger partial charge is 0.242 e. The summed E-state index contributed by atoms with van der Waals surface area (Å²) < 4.78 is 1.93. The summed E-state index contributed by atoms with van der Waals surface area (Å²) in [5.41, 5.74) is 2.51. The highest BCUT2D eigenvalue weighted by Gasteiger charge is 2.20. The third kappa shape index (κ3) is 2.87. The molecule has 2 aromatic rings. The number of aromatic nitrogens is 2. The van der Waals surface area contributed by atoms with Gasteiger partial charge in [0.25, 0.3) is 0 Å². The second-order valence-electron chi connectivity index (χ2n) is 4.90. The van der Waals surface area contributed by atoms with E-state index >= 15 is 0 Å².